The van der Waals surface area contributed by atoms with Crippen molar-refractivity contribution < 1.29 is 9.53 Å². The molecule has 0 aliphatic carbocycles. The molecule has 5 nitrogen and oxygen atoms in total. The van der Waals surface area contributed by atoms with Crippen LogP contribution in [0.1, 0.15) is 5.56 Å². The molecule has 0 aromatic heterocycles. The van der Waals surface area contributed by atoms with Crippen molar-refractivity contribution in [1.82, 2.24) is 5.32 Å². The van der Waals surface area contributed by atoms with Crippen LogP contribution < -0.4 is 15.0 Å². The highest BCUT2D eigenvalue weighted by atomic mass is 16.5. The van der Waals surface area contributed by atoms with Gasteiger partial charge in [0.15, 0.2) is 6.61 Å². The summed E-state index contributed by atoms with van der Waals surface area (Å²) in [5.41, 5.74) is 1.79. The van der Waals surface area contributed by atoms with Crippen LogP contribution in [0.2, 0.25) is 0 Å². The maximum atomic E-state index is 11.5. The molecule has 0 fully saturated rings. The van der Waals surface area contributed by atoms with E-state index < -0.39 is 0 Å². The van der Waals surface area contributed by atoms with Crippen LogP contribution in [0, 0.1) is 11.3 Å². The Morgan fingerprint density at radius 1 is 1.59 bits per heavy atom. The van der Waals surface area contributed by atoms with Crippen LogP contribution in [0.3, 0.4) is 0 Å². The quantitative estimate of drug-likeness (QED) is 0.613. The van der Waals surface area contributed by atoms with E-state index in [1.165, 1.54) is 0 Å². The molecule has 0 saturated heterocycles. The molecule has 0 bridgehead atoms. The van der Waals surface area contributed by atoms with Crippen molar-refractivity contribution in [3.05, 3.63) is 23.8 Å². The first-order valence-electron chi connectivity index (χ1n) is 5.32. The molecule has 0 saturated carbocycles. The van der Waals surface area contributed by atoms with Crippen LogP contribution in [0.4, 0.5) is 5.69 Å². The predicted molar refractivity (Wildman–Crippen MR) is 62.7 cm³/mol. The molecule has 0 radical (unpaired) electrons. The van der Waals surface area contributed by atoms with Crippen LogP contribution in [-0.4, -0.2) is 26.1 Å². The Morgan fingerprint density at radius 2 is 2.41 bits per heavy atom. The highest BCUT2D eigenvalue weighted by Crippen LogP contribution is 2.31. The van der Waals surface area contributed by atoms with Gasteiger partial charge in [-0.05, 0) is 17.7 Å². The first-order chi connectivity index (χ1) is 8.22. The third kappa shape index (κ3) is 2.37. The molecule has 88 valence electrons. The van der Waals surface area contributed by atoms with E-state index in [0.29, 0.717) is 13.1 Å². The molecular weight excluding hydrogens is 218 g/mol. The van der Waals surface area contributed by atoms with E-state index in [1.807, 2.05) is 24.3 Å². The highest BCUT2D eigenvalue weighted by molar-refractivity contribution is 5.97. The zero-order chi connectivity index (χ0) is 12.3. The van der Waals surface area contributed by atoms with Crippen molar-refractivity contribution >= 4 is 11.6 Å². The molecule has 17 heavy (non-hydrogen) atoms. The molecule has 1 aliphatic rings. The first kappa shape index (κ1) is 11.4. The van der Waals surface area contributed by atoms with Crippen LogP contribution in [0.25, 0.3) is 0 Å². The van der Waals surface area contributed by atoms with Gasteiger partial charge in [-0.1, -0.05) is 6.07 Å². The molecule has 2 rings (SSSR count). The molecular formula is C12H13N3O2. The summed E-state index contributed by atoms with van der Waals surface area (Å²) >= 11 is 0. The van der Waals surface area contributed by atoms with Crippen molar-refractivity contribution in [2.24, 2.45) is 0 Å². The van der Waals surface area contributed by atoms with E-state index in [2.05, 4.69) is 5.32 Å². The number of likely N-dealkylation sites (N-methyl/N-ethyl adjacent to an activating group) is 1. The maximum Gasteiger partial charge on any atom is 0.264 e. The summed E-state index contributed by atoms with van der Waals surface area (Å²) in [6.45, 7) is 1.00. The van der Waals surface area contributed by atoms with Gasteiger partial charge in [0.1, 0.15) is 5.75 Å². The average molecular weight is 231 g/mol. The standard InChI is InChI=1S/C12H13N3O2/c1-15-10-6-9(7-14-5-4-13)2-3-11(10)17-8-12(15)16/h2-3,6,14H,5,7-8H2,1H3. The molecule has 1 aromatic rings. The summed E-state index contributed by atoms with van der Waals surface area (Å²) in [7, 11) is 1.73. The van der Waals surface area contributed by atoms with Crippen LogP contribution in [-0.2, 0) is 11.3 Å². The Kier molecular flexibility index (Phi) is 3.26. The van der Waals surface area contributed by atoms with Gasteiger partial charge >= 0.3 is 0 Å². The fourth-order valence-corrected chi connectivity index (χ4v) is 1.69. The highest BCUT2D eigenvalue weighted by Gasteiger charge is 2.21. The topological polar surface area (TPSA) is 65.4 Å². The van der Waals surface area contributed by atoms with Gasteiger partial charge < -0.3 is 15.0 Å². The lowest BCUT2D eigenvalue weighted by atomic mass is 10.1. The number of nitriles is 1. The van der Waals surface area contributed by atoms with E-state index >= 15 is 0 Å². The molecule has 5 heteroatoms. The number of nitrogens with zero attached hydrogens (tertiary/aromatic N) is 2. The summed E-state index contributed by atoms with van der Waals surface area (Å²) in [5, 5.41) is 11.4. The molecule has 1 aromatic carbocycles. The van der Waals surface area contributed by atoms with Gasteiger partial charge in [-0.15, -0.1) is 0 Å². The van der Waals surface area contributed by atoms with Gasteiger partial charge in [0.25, 0.3) is 5.91 Å². The SMILES string of the molecule is CN1C(=O)COc2ccc(CNCC#N)cc21. The Bertz CT molecular complexity index is 479. The number of ether oxygens (including phenoxy) is 1. The normalized spacial score (nSPS) is 13.9. The molecule has 1 heterocycles. The number of benzene rings is 1. The maximum absolute atomic E-state index is 11.5. The largest absolute Gasteiger partial charge is 0.482 e. The molecule has 0 unspecified atom stereocenters. The number of hydrogen-bond acceptors (Lipinski definition) is 4. The van der Waals surface area contributed by atoms with Crippen molar-refractivity contribution in [1.29, 1.82) is 5.26 Å². The molecule has 0 atom stereocenters. The fourth-order valence-electron chi connectivity index (χ4n) is 1.69. The molecule has 1 aliphatic heterocycles. The average Bonchev–Trinajstić information content (AvgIpc) is 2.35. The summed E-state index contributed by atoms with van der Waals surface area (Å²) < 4.78 is 5.32. The third-order valence-electron chi connectivity index (χ3n) is 2.64. The van der Waals surface area contributed by atoms with Crippen molar-refractivity contribution in [3.8, 4) is 11.8 Å². The lowest BCUT2D eigenvalue weighted by Crippen LogP contribution is -2.35. The molecule has 0 spiro atoms. The Morgan fingerprint density at radius 3 is 3.18 bits per heavy atom. The minimum absolute atomic E-state index is 0.0559. The zero-order valence-corrected chi connectivity index (χ0v) is 9.56. The number of nitrogens with one attached hydrogen (secondary N) is 1. The van der Waals surface area contributed by atoms with E-state index in [1.54, 1.807) is 11.9 Å². The predicted octanol–water partition coefficient (Wildman–Crippen LogP) is 0.655. The van der Waals surface area contributed by atoms with Gasteiger partial charge in [0.05, 0.1) is 18.3 Å². The lowest BCUT2D eigenvalue weighted by Gasteiger charge is -2.26. The monoisotopic (exact) mass is 231 g/mol. The van der Waals surface area contributed by atoms with Gasteiger partial charge in [-0.25, -0.2) is 0 Å². The number of carbonyl (C=O) groups excluding carboxylic acids is 1. The Hall–Kier alpha value is -2.06. The molecule has 1 N–H and O–H groups in total. The van der Waals surface area contributed by atoms with Crippen molar-refractivity contribution in [3.63, 3.8) is 0 Å². The van der Waals surface area contributed by atoms with Gasteiger partial charge in [0.2, 0.25) is 0 Å². The Labute approximate surface area is 99.6 Å². The minimum atomic E-state index is -0.0559. The summed E-state index contributed by atoms with van der Waals surface area (Å²) in [6.07, 6.45) is 0. The number of anilines is 1. The Balaban J connectivity index is 2.18. The van der Waals surface area contributed by atoms with E-state index in [4.69, 9.17) is 10.00 Å². The van der Waals surface area contributed by atoms with Gasteiger partial charge in [0, 0.05) is 13.6 Å². The summed E-state index contributed by atoms with van der Waals surface area (Å²) in [4.78, 5) is 13.1. The number of rotatable bonds is 3. The lowest BCUT2D eigenvalue weighted by molar-refractivity contribution is -0.120. The fraction of sp³-hybridized carbons (Fsp3) is 0.333. The number of hydrogen-bond donors (Lipinski definition) is 1. The van der Waals surface area contributed by atoms with Crippen molar-refractivity contribution in [2.75, 3.05) is 25.1 Å². The smallest absolute Gasteiger partial charge is 0.264 e. The first-order valence-corrected chi connectivity index (χ1v) is 5.32. The minimum Gasteiger partial charge on any atom is -0.482 e. The summed E-state index contributed by atoms with van der Waals surface area (Å²) in [5.74, 6) is 0.663. The van der Waals surface area contributed by atoms with Crippen molar-refractivity contribution in [2.45, 2.75) is 6.54 Å². The second kappa shape index (κ2) is 4.85. The van der Waals surface area contributed by atoms with Crippen LogP contribution in [0.15, 0.2) is 18.2 Å². The zero-order valence-electron chi connectivity index (χ0n) is 9.56. The van der Waals surface area contributed by atoms with E-state index in [9.17, 15) is 4.79 Å². The summed E-state index contributed by atoms with van der Waals surface area (Å²) in [6, 6.07) is 7.69. The second-order valence-corrected chi connectivity index (χ2v) is 3.81. The molecule has 1 amide bonds. The third-order valence-corrected chi connectivity index (χ3v) is 2.64. The van der Waals surface area contributed by atoms with Crippen LogP contribution >= 0.6 is 0 Å². The number of amides is 1. The number of carbonyl (C=O) groups is 1. The van der Waals surface area contributed by atoms with Gasteiger partial charge in [-0.3, -0.25) is 4.79 Å². The van der Waals surface area contributed by atoms with E-state index in [-0.39, 0.29) is 12.5 Å². The second-order valence-electron chi connectivity index (χ2n) is 3.81. The van der Waals surface area contributed by atoms with Crippen LogP contribution in [0.5, 0.6) is 5.75 Å². The number of fused-ring (bicyclic) bond motifs is 1. The van der Waals surface area contributed by atoms with Gasteiger partial charge in [-0.2, -0.15) is 5.26 Å². The van der Waals surface area contributed by atoms with E-state index in [0.717, 1.165) is 17.0 Å².